The third-order valence-electron chi connectivity index (χ3n) is 6.81. The first-order valence-corrected chi connectivity index (χ1v) is 13.0. The highest BCUT2D eigenvalue weighted by atomic mass is 79.9. The molecule has 1 saturated heterocycles. The Morgan fingerprint density at radius 2 is 2.00 bits per heavy atom. The lowest BCUT2D eigenvalue weighted by atomic mass is 9.73. The first-order valence-electron chi connectivity index (χ1n) is 11.0. The molecule has 1 fully saturated rings. The van der Waals surface area contributed by atoms with Crippen molar-refractivity contribution >= 4 is 44.3 Å². The fourth-order valence-corrected chi connectivity index (χ4v) is 6.39. The fourth-order valence-electron chi connectivity index (χ4n) is 4.98. The molecule has 33 heavy (non-hydrogen) atoms. The molecule has 0 amide bonds. The molecule has 2 N–H and O–H groups in total. The molecular formula is C23H26BrN7OS. The summed E-state index contributed by atoms with van der Waals surface area (Å²) in [6, 6.07) is 10.7. The molecular weight excluding hydrogens is 502 g/mol. The van der Waals surface area contributed by atoms with Crippen molar-refractivity contribution in [3.63, 3.8) is 0 Å². The highest BCUT2D eigenvalue weighted by Crippen LogP contribution is 2.52. The van der Waals surface area contributed by atoms with Crippen LogP contribution in [-0.4, -0.2) is 42.6 Å². The van der Waals surface area contributed by atoms with Gasteiger partial charge in [-0.05, 0) is 67.1 Å². The predicted molar refractivity (Wildman–Crippen MR) is 132 cm³/mol. The summed E-state index contributed by atoms with van der Waals surface area (Å²) in [6.07, 6.45) is 2.79. The van der Waals surface area contributed by atoms with Crippen molar-refractivity contribution in [1.29, 1.82) is 5.26 Å². The van der Waals surface area contributed by atoms with Crippen LogP contribution in [0, 0.1) is 16.7 Å². The Morgan fingerprint density at radius 1 is 1.27 bits per heavy atom. The van der Waals surface area contributed by atoms with E-state index < -0.39 is 11.4 Å². The maximum absolute atomic E-state index is 13.1. The maximum atomic E-state index is 13.1. The Morgan fingerprint density at radius 3 is 2.70 bits per heavy atom. The number of hydrogen-bond acceptors (Lipinski definition) is 7. The zero-order valence-electron chi connectivity index (χ0n) is 18.9. The van der Waals surface area contributed by atoms with Crippen LogP contribution in [-0.2, 0) is 17.8 Å². The quantitative estimate of drug-likeness (QED) is 0.495. The molecule has 1 aromatic carbocycles. The van der Waals surface area contributed by atoms with Crippen LogP contribution in [0.1, 0.15) is 56.5 Å². The van der Waals surface area contributed by atoms with Gasteiger partial charge in [0, 0.05) is 29.9 Å². The minimum atomic E-state index is -1.16. The Hall–Kier alpha value is -2.19. The van der Waals surface area contributed by atoms with Gasteiger partial charge in [-0.3, -0.25) is 5.10 Å². The smallest absolute Gasteiger partial charge is 0.228 e. The zero-order chi connectivity index (χ0) is 23.4. The molecule has 1 spiro atoms. The van der Waals surface area contributed by atoms with Gasteiger partial charge in [-0.2, -0.15) is 15.3 Å². The number of anilines is 1. The maximum Gasteiger partial charge on any atom is 0.228 e. The van der Waals surface area contributed by atoms with Crippen molar-refractivity contribution in [3.8, 4) is 6.07 Å². The van der Waals surface area contributed by atoms with Crippen LogP contribution in [0.15, 0.2) is 28.9 Å². The van der Waals surface area contributed by atoms with Crippen LogP contribution in [0.25, 0.3) is 11.0 Å². The second-order valence-electron chi connectivity index (χ2n) is 9.88. The van der Waals surface area contributed by atoms with Crippen LogP contribution in [0.3, 0.4) is 0 Å². The van der Waals surface area contributed by atoms with Crippen molar-refractivity contribution in [2.45, 2.75) is 50.8 Å². The van der Waals surface area contributed by atoms with Crippen LogP contribution < -0.4 is 9.62 Å². The number of piperidine rings is 1. The fraction of sp³-hybridized carbons (Fsp3) is 0.478. The number of benzene rings is 1. The number of nitrogens with one attached hydrogen (secondary N) is 2. The van der Waals surface area contributed by atoms with E-state index in [4.69, 9.17) is 0 Å². The second-order valence-corrected chi connectivity index (χ2v) is 12.6. The molecule has 0 radical (unpaired) electrons. The van der Waals surface area contributed by atoms with E-state index in [1.807, 2.05) is 20.8 Å². The van der Waals surface area contributed by atoms with Gasteiger partial charge in [0.1, 0.15) is 15.4 Å². The number of hydrogen-bond donors (Lipinski definition) is 2. The van der Waals surface area contributed by atoms with Gasteiger partial charge in [0.25, 0.3) is 0 Å². The molecule has 3 heterocycles. The third-order valence-corrected chi connectivity index (χ3v) is 8.95. The number of fused-ring (bicyclic) bond motifs is 2. The Balaban J connectivity index is 1.42. The van der Waals surface area contributed by atoms with Crippen LogP contribution in [0.2, 0.25) is 0 Å². The number of aromatic nitrogens is 4. The van der Waals surface area contributed by atoms with E-state index in [1.165, 1.54) is 11.1 Å². The number of halogens is 1. The third kappa shape index (κ3) is 3.91. The SMILES string of the molecule is CC(C)(C)[S@@+]([O-])N[C@@H]1c2ccccc2CC12CCN(c1nc(C#N)c3c(Br)n[nH]c3n1)CC2. The van der Waals surface area contributed by atoms with Gasteiger partial charge in [-0.15, -0.1) is 4.72 Å². The lowest BCUT2D eigenvalue weighted by molar-refractivity contribution is 0.175. The molecule has 2 aliphatic rings. The molecule has 5 rings (SSSR count). The Labute approximate surface area is 204 Å². The van der Waals surface area contributed by atoms with E-state index in [0.29, 0.717) is 27.3 Å². The number of aromatic amines is 1. The van der Waals surface area contributed by atoms with Gasteiger partial charge in [0.15, 0.2) is 11.3 Å². The topological polar surface area (TPSA) is 117 Å². The molecule has 8 nitrogen and oxygen atoms in total. The molecule has 3 aromatic rings. The molecule has 0 bridgehead atoms. The van der Waals surface area contributed by atoms with Crippen molar-refractivity contribution in [2.24, 2.45) is 5.41 Å². The van der Waals surface area contributed by atoms with Crippen molar-refractivity contribution in [3.05, 3.63) is 45.7 Å². The molecule has 1 aliphatic heterocycles. The number of nitrogens with zero attached hydrogens (tertiary/aromatic N) is 5. The largest absolute Gasteiger partial charge is 0.598 e. The molecule has 2 atom stereocenters. The van der Waals surface area contributed by atoms with Crippen molar-refractivity contribution in [2.75, 3.05) is 18.0 Å². The van der Waals surface area contributed by atoms with E-state index in [2.05, 4.69) is 76.1 Å². The molecule has 0 unspecified atom stereocenters. The zero-order valence-corrected chi connectivity index (χ0v) is 21.3. The van der Waals surface area contributed by atoms with E-state index in [9.17, 15) is 9.81 Å². The Kier molecular flexibility index (Phi) is 5.64. The number of nitriles is 1. The standard InChI is InChI=1S/C23H26BrN7OS/c1-22(2,3)33(32)30-18-15-7-5-4-6-14(15)12-23(18)8-10-31(11-9-23)21-26-16(13-25)17-19(24)28-29-20(17)27-21/h4-7,18,30H,8-12H2,1-3H3,(H,26,27,28,29)/t18-,33-/m1/s1. The normalized spacial score (nSPS) is 20.7. The predicted octanol–water partition coefficient (Wildman–Crippen LogP) is 3.92. The highest BCUT2D eigenvalue weighted by molar-refractivity contribution is 9.10. The van der Waals surface area contributed by atoms with E-state index in [0.717, 1.165) is 32.4 Å². The molecule has 10 heteroatoms. The summed E-state index contributed by atoms with van der Waals surface area (Å²) in [5.41, 5.74) is 3.44. The minimum Gasteiger partial charge on any atom is -0.598 e. The molecule has 1 aliphatic carbocycles. The summed E-state index contributed by atoms with van der Waals surface area (Å²) in [7, 11) is 0. The first kappa shape index (κ1) is 22.6. The number of H-pyrrole nitrogens is 1. The van der Waals surface area contributed by atoms with Crippen LogP contribution in [0.4, 0.5) is 5.95 Å². The Bertz CT molecular complexity index is 1240. The number of rotatable bonds is 3. The lowest BCUT2D eigenvalue weighted by Crippen LogP contribution is -2.50. The van der Waals surface area contributed by atoms with Gasteiger partial charge in [-0.25, -0.2) is 4.98 Å². The monoisotopic (exact) mass is 527 g/mol. The van der Waals surface area contributed by atoms with Gasteiger partial charge in [-0.1, -0.05) is 24.3 Å². The lowest BCUT2D eigenvalue weighted by Gasteiger charge is -2.43. The minimum absolute atomic E-state index is 0.0136. The average molecular weight is 528 g/mol. The van der Waals surface area contributed by atoms with Gasteiger partial charge >= 0.3 is 0 Å². The van der Waals surface area contributed by atoms with Gasteiger partial charge in [0.05, 0.1) is 11.4 Å². The second kappa shape index (κ2) is 8.24. The average Bonchev–Trinajstić information content (AvgIpc) is 3.31. The van der Waals surface area contributed by atoms with Gasteiger partial charge < -0.3 is 9.45 Å². The van der Waals surface area contributed by atoms with E-state index >= 15 is 0 Å². The van der Waals surface area contributed by atoms with Crippen LogP contribution in [0.5, 0.6) is 0 Å². The van der Waals surface area contributed by atoms with Crippen molar-refractivity contribution in [1.82, 2.24) is 24.9 Å². The van der Waals surface area contributed by atoms with Crippen LogP contribution >= 0.6 is 15.9 Å². The summed E-state index contributed by atoms with van der Waals surface area (Å²) in [4.78, 5) is 11.3. The summed E-state index contributed by atoms with van der Waals surface area (Å²) < 4.78 is 16.8. The molecule has 0 saturated carbocycles. The van der Waals surface area contributed by atoms with Crippen molar-refractivity contribution < 1.29 is 4.55 Å². The molecule has 2 aromatic heterocycles. The summed E-state index contributed by atoms with van der Waals surface area (Å²) >= 11 is 2.19. The van der Waals surface area contributed by atoms with Gasteiger partial charge in [0.2, 0.25) is 5.95 Å². The van der Waals surface area contributed by atoms with E-state index in [-0.39, 0.29) is 16.2 Å². The highest BCUT2D eigenvalue weighted by Gasteiger charge is 2.50. The summed E-state index contributed by atoms with van der Waals surface area (Å²) in [5, 5.41) is 17.2. The molecule has 172 valence electrons. The summed E-state index contributed by atoms with van der Waals surface area (Å²) in [6.45, 7) is 7.53. The first-order chi connectivity index (χ1) is 15.7. The van der Waals surface area contributed by atoms with E-state index in [1.54, 1.807) is 0 Å². The summed E-state index contributed by atoms with van der Waals surface area (Å²) in [5.74, 6) is 0.545.